The fourth-order valence-electron chi connectivity index (χ4n) is 2.78. The maximum atomic E-state index is 11.9. The molecule has 0 aliphatic heterocycles. The third-order valence-corrected chi connectivity index (χ3v) is 5.15. The predicted octanol–water partition coefficient (Wildman–Crippen LogP) is 2.61. The molecule has 3 atom stereocenters. The molecule has 3 unspecified atom stereocenters. The third kappa shape index (κ3) is 4.64. The number of thioether (sulfide) groups is 1. The molecule has 1 aromatic rings. The summed E-state index contributed by atoms with van der Waals surface area (Å²) in [6.45, 7) is 2.19. The Morgan fingerprint density at radius 2 is 2.19 bits per heavy atom. The monoisotopic (exact) mass is 308 g/mol. The number of aliphatic hydroxyl groups excluding tert-OH is 1. The zero-order valence-electron chi connectivity index (χ0n) is 12.6. The molecule has 0 aromatic heterocycles. The van der Waals surface area contributed by atoms with Crippen LogP contribution >= 0.6 is 11.8 Å². The van der Waals surface area contributed by atoms with E-state index in [-0.39, 0.29) is 18.6 Å². The highest BCUT2D eigenvalue weighted by Crippen LogP contribution is 2.28. The van der Waals surface area contributed by atoms with Crippen LogP contribution in [0.2, 0.25) is 0 Å². The standard InChI is InChI=1S/C16H24N2O2S/c1-11-5-3-4-6-14(11)15(19)10-17-16(20)18-12-7-8-13(9-12)21-2/h3-6,12-13,15,19H,7-10H2,1-2H3,(H2,17,18,20). The minimum atomic E-state index is -0.667. The second kappa shape index (κ2) is 7.71. The van der Waals surface area contributed by atoms with Gasteiger partial charge in [-0.25, -0.2) is 4.79 Å². The van der Waals surface area contributed by atoms with Crippen LogP contribution in [0.3, 0.4) is 0 Å². The molecule has 1 saturated carbocycles. The van der Waals surface area contributed by atoms with Crippen LogP contribution in [0.15, 0.2) is 24.3 Å². The number of nitrogens with one attached hydrogen (secondary N) is 2. The van der Waals surface area contributed by atoms with Gasteiger partial charge in [-0.2, -0.15) is 11.8 Å². The van der Waals surface area contributed by atoms with Crippen LogP contribution < -0.4 is 10.6 Å². The molecule has 0 saturated heterocycles. The summed E-state index contributed by atoms with van der Waals surface area (Å²) in [5.74, 6) is 0. The van der Waals surface area contributed by atoms with Gasteiger partial charge in [0.1, 0.15) is 0 Å². The number of carbonyl (C=O) groups excluding carboxylic acids is 1. The first-order chi connectivity index (χ1) is 10.1. The lowest BCUT2D eigenvalue weighted by molar-refractivity contribution is 0.172. The van der Waals surface area contributed by atoms with Crippen molar-refractivity contribution in [3.8, 4) is 0 Å². The van der Waals surface area contributed by atoms with Crippen LogP contribution in [-0.4, -0.2) is 35.2 Å². The van der Waals surface area contributed by atoms with Crippen molar-refractivity contribution in [3.05, 3.63) is 35.4 Å². The third-order valence-electron chi connectivity index (χ3n) is 4.06. The smallest absolute Gasteiger partial charge is 0.315 e. The van der Waals surface area contributed by atoms with Crippen LogP contribution in [0.4, 0.5) is 4.79 Å². The molecule has 1 aliphatic carbocycles. The lowest BCUT2D eigenvalue weighted by Crippen LogP contribution is -2.42. The van der Waals surface area contributed by atoms with Crippen LogP contribution in [0.5, 0.6) is 0 Å². The molecule has 1 aromatic carbocycles. The molecule has 3 N–H and O–H groups in total. The van der Waals surface area contributed by atoms with Gasteiger partial charge in [0.15, 0.2) is 0 Å². The number of carbonyl (C=O) groups is 1. The van der Waals surface area contributed by atoms with E-state index in [1.807, 2.05) is 43.0 Å². The number of rotatable bonds is 5. The van der Waals surface area contributed by atoms with Gasteiger partial charge in [0.2, 0.25) is 0 Å². The molecule has 0 spiro atoms. The topological polar surface area (TPSA) is 61.4 Å². The maximum absolute atomic E-state index is 11.9. The SMILES string of the molecule is CSC1CCC(NC(=O)NCC(O)c2ccccc2C)C1. The zero-order chi connectivity index (χ0) is 15.2. The summed E-state index contributed by atoms with van der Waals surface area (Å²) in [4.78, 5) is 11.9. The summed E-state index contributed by atoms with van der Waals surface area (Å²) in [6, 6.07) is 7.76. The normalized spacial score (nSPS) is 22.8. The second-order valence-electron chi connectivity index (χ2n) is 5.59. The first-order valence-corrected chi connectivity index (χ1v) is 8.69. The fraction of sp³-hybridized carbons (Fsp3) is 0.562. The number of hydrogen-bond acceptors (Lipinski definition) is 3. The van der Waals surface area contributed by atoms with E-state index in [2.05, 4.69) is 16.9 Å². The van der Waals surface area contributed by atoms with E-state index in [1.54, 1.807) is 0 Å². The zero-order valence-corrected chi connectivity index (χ0v) is 13.5. The number of aryl methyl sites for hydroxylation is 1. The van der Waals surface area contributed by atoms with Crippen molar-refractivity contribution in [2.45, 2.75) is 43.6 Å². The number of aliphatic hydroxyl groups is 1. The molecular formula is C16H24N2O2S. The Balaban J connectivity index is 1.75. The Labute approximate surface area is 130 Å². The molecule has 5 heteroatoms. The van der Waals surface area contributed by atoms with E-state index in [0.29, 0.717) is 5.25 Å². The molecule has 116 valence electrons. The Hall–Kier alpha value is -1.20. The molecule has 2 amide bonds. The summed E-state index contributed by atoms with van der Waals surface area (Å²) in [7, 11) is 0. The van der Waals surface area contributed by atoms with Crippen LogP contribution in [0.1, 0.15) is 36.5 Å². The van der Waals surface area contributed by atoms with Crippen LogP contribution in [0, 0.1) is 6.92 Å². The van der Waals surface area contributed by atoms with E-state index in [0.717, 1.165) is 30.4 Å². The van der Waals surface area contributed by atoms with Gasteiger partial charge in [0.05, 0.1) is 6.10 Å². The summed E-state index contributed by atoms with van der Waals surface area (Å²) in [5, 5.41) is 16.6. The van der Waals surface area contributed by atoms with E-state index >= 15 is 0 Å². The molecule has 1 aliphatic rings. The Bertz CT molecular complexity index is 481. The van der Waals surface area contributed by atoms with Gasteiger partial charge in [-0.3, -0.25) is 0 Å². The van der Waals surface area contributed by atoms with E-state index < -0.39 is 6.10 Å². The molecule has 2 rings (SSSR count). The van der Waals surface area contributed by atoms with Crippen molar-refractivity contribution in [2.75, 3.05) is 12.8 Å². The van der Waals surface area contributed by atoms with E-state index in [1.165, 1.54) is 0 Å². The summed E-state index contributed by atoms with van der Waals surface area (Å²) in [6.07, 6.45) is 4.69. The number of hydrogen-bond donors (Lipinski definition) is 3. The van der Waals surface area contributed by atoms with Gasteiger partial charge in [0, 0.05) is 17.8 Å². The van der Waals surface area contributed by atoms with Crippen molar-refractivity contribution in [2.24, 2.45) is 0 Å². The van der Waals surface area contributed by atoms with Gasteiger partial charge in [-0.05, 0) is 43.6 Å². The van der Waals surface area contributed by atoms with Crippen molar-refractivity contribution in [1.29, 1.82) is 0 Å². The first kappa shape index (κ1) is 16.2. The van der Waals surface area contributed by atoms with Gasteiger partial charge < -0.3 is 15.7 Å². The molecule has 1 fully saturated rings. The van der Waals surface area contributed by atoms with Crippen molar-refractivity contribution >= 4 is 17.8 Å². The number of urea groups is 1. The lowest BCUT2D eigenvalue weighted by Gasteiger charge is -2.17. The highest BCUT2D eigenvalue weighted by Gasteiger charge is 2.25. The Kier molecular flexibility index (Phi) is 5.94. The molecule has 4 nitrogen and oxygen atoms in total. The van der Waals surface area contributed by atoms with Crippen LogP contribution in [0.25, 0.3) is 0 Å². The average Bonchev–Trinajstić information content (AvgIpc) is 2.93. The predicted molar refractivity (Wildman–Crippen MR) is 87.6 cm³/mol. The highest BCUT2D eigenvalue weighted by molar-refractivity contribution is 7.99. The van der Waals surface area contributed by atoms with Crippen molar-refractivity contribution in [1.82, 2.24) is 10.6 Å². The van der Waals surface area contributed by atoms with E-state index in [9.17, 15) is 9.90 Å². The highest BCUT2D eigenvalue weighted by atomic mass is 32.2. The van der Waals surface area contributed by atoms with E-state index in [4.69, 9.17) is 0 Å². The van der Waals surface area contributed by atoms with Crippen molar-refractivity contribution in [3.63, 3.8) is 0 Å². The fourth-order valence-corrected chi connectivity index (χ4v) is 3.58. The molecular weight excluding hydrogens is 284 g/mol. The molecule has 0 bridgehead atoms. The van der Waals surface area contributed by atoms with Gasteiger partial charge in [0.25, 0.3) is 0 Å². The molecule has 21 heavy (non-hydrogen) atoms. The van der Waals surface area contributed by atoms with Gasteiger partial charge >= 0.3 is 6.03 Å². The molecule has 0 heterocycles. The molecule has 0 radical (unpaired) electrons. The largest absolute Gasteiger partial charge is 0.387 e. The summed E-state index contributed by atoms with van der Waals surface area (Å²) in [5.41, 5.74) is 1.90. The second-order valence-corrected chi connectivity index (χ2v) is 6.73. The summed E-state index contributed by atoms with van der Waals surface area (Å²) < 4.78 is 0. The van der Waals surface area contributed by atoms with Crippen molar-refractivity contribution < 1.29 is 9.90 Å². The van der Waals surface area contributed by atoms with Gasteiger partial charge in [-0.15, -0.1) is 0 Å². The first-order valence-electron chi connectivity index (χ1n) is 7.41. The average molecular weight is 308 g/mol. The quantitative estimate of drug-likeness (QED) is 0.783. The maximum Gasteiger partial charge on any atom is 0.315 e. The summed E-state index contributed by atoms with van der Waals surface area (Å²) >= 11 is 1.87. The number of amides is 2. The lowest BCUT2D eigenvalue weighted by atomic mass is 10.0. The number of benzene rings is 1. The Morgan fingerprint density at radius 1 is 1.43 bits per heavy atom. The van der Waals surface area contributed by atoms with Crippen LogP contribution in [-0.2, 0) is 0 Å². The van der Waals surface area contributed by atoms with Gasteiger partial charge in [-0.1, -0.05) is 24.3 Å². The Morgan fingerprint density at radius 3 is 2.86 bits per heavy atom. The minimum Gasteiger partial charge on any atom is -0.387 e. The minimum absolute atomic E-state index is 0.186.